The van der Waals surface area contributed by atoms with Crippen molar-refractivity contribution in [3.8, 4) is 0 Å². The maximum atomic E-state index is 12.9. The third-order valence-electron chi connectivity index (χ3n) is 3.98. The highest BCUT2D eigenvalue weighted by Crippen LogP contribution is 2.36. The monoisotopic (exact) mass is 323 g/mol. The summed E-state index contributed by atoms with van der Waals surface area (Å²) in [6.45, 7) is 0.897. The van der Waals surface area contributed by atoms with Crippen LogP contribution in [-0.2, 0) is 12.7 Å². The first kappa shape index (κ1) is 15.9. The van der Waals surface area contributed by atoms with Crippen LogP contribution in [0.3, 0.4) is 0 Å². The molecule has 0 radical (unpaired) electrons. The van der Waals surface area contributed by atoms with Crippen LogP contribution in [0.25, 0.3) is 0 Å². The van der Waals surface area contributed by atoms with Crippen molar-refractivity contribution in [2.45, 2.75) is 31.3 Å². The molecule has 1 aromatic heterocycles. The number of alkyl halides is 3. The molecule has 1 aromatic carbocycles. The highest BCUT2D eigenvalue weighted by atomic mass is 19.4. The number of hydrogen-bond donors (Lipinski definition) is 1. The summed E-state index contributed by atoms with van der Waals surface area (Å²) in [5.74, 6) is 0. The van der Waals surface area contributed by atoms with Crippen molar-refractivity contribution in [2.75, 3.05) is 6.54 Å². The van der Waals surface area contributed by atoms with Crippen molar-refractivity contribution in [1.29, 1.82) is 0 Å². The third kappa shape index (κ3) is 3.68. The van der Waals surface area contributed by atoms with Crippen molar-refractivity contribution < 1.29 is 18.3 Å². The molecule has 1 aliphatic rings. The van der Waals surface area contributed by atoms with Gasteiger partial charge >= 0.3 is 6.18 Å². The molecule has 0 bridgehead atoms. The summed E-state index contributed by atoms with van der Waals surface area (Å²) in [5, 5.41) is 9.94. The van der Waals surface area contributed by atoms with Gasteiger partial charge in [-0.2, -0.15) is 13.2 Å². The van der Waals surface area contributed by atoms with Gasteiger partial charge in [0.25, 0.3) is 0 Å². The predicted octanol–water partition coefficient (Wildman–Crippen LogP) is 2.80. The van der Waals surface area contributed by atoms with Crippen LogP contribution in [-0.4, -0.2) is 32.6 Å². The average Bonchev–Trinajstić information content (AvgIpc) is 2.88. The van der Waals surface area contributed by atoms with Crippen molar-refractivity contribution >= 4 is 0 Å². The van der Waals surface area contributed by atoms with Crippen LogP contribution in [0.5, 0.6) is 0 Å². The Kier molecular flexibility index (Phi) is 4.32. The molecule has 1 saturated heterocycles. The Morgan fingerprint density at radius 1 is 1.22 bits per heavy atom. The van der Waals surface area contributed by atoms with Gasteiger partial charge in [-0.1, -0.05) is 12.1 Å². The number of nitrogens with zero attached hydrogens (tertiary/aromatic N) is 3. The van der Waals surface area contributed by atoms with Gasteiger partial charge in [0, 0.05) is 37.1 Å². The normalized spacial score (nSPS) is 22.4. The molecule has 122 valence electrons. The minimum Gasteiger partial charge on any atom is -0.392 e. The van der Waals surface area contributed by atoms with Crippen LogP contribution in [0.4, 0.5) is 13.2 Å². The molecule has 2 heterocycles. The first-order valence-corrected chi connectivity index (χ1v) is 7.26. The van der Waals surface area contributed by atoms with Gasteiger partial charge in [0.15, 0.2) is 0 Å². The van der Waals surface area contributed by atoms with E-state index in [0.717, 1.165) is 17.7 Å². The summed E-state index contributed by atoms with van der Waals surface area (Å²) in [6, 6.07) is 5.05. The van der Waals surface area contributed by atoms with Crippen LogP contribution in [0.2, 0.25) is 0 Å². The summed E-state index contributed by atoms with van der Waals surface area (Å²) in [5.41, 5.74) is 0.756. The number of rotatable bonds is 3. The van der Waals surface area contributed by atoms with E-state index in [1.807, 2.05) is 4.90 Å². The molecule has 1 fully saturated rings. The molecule has 0 aliphatic carbocycles. The third-order valence-corrected chi connectivity index (χ3v) is 3.98. The molecule has 2 atom stereocenters. The number of likely N-dealkylation sites (tertiary alicyclic amines) is 1. The zero-order valence-electron chi connectivity index (χ0n) is 12.2. The van der Waals surface area contributed by atoms with E-state index >= 15 is 0 Å². The predicted molar refractivity (Wildman–Crippen MR) is 77.3 cm³/mol. The minimum absolute atomic E-state index is 0.257. The van der Waals surface area contributed by atoms with E-state index in [1.54, 1.807) is 18.5 Å². The van der Waals surface area contributed by atoms with E-state index in [2.05, 4.69) is 9.97 Å². The molecule has 0 spiro atoms. The van der Waals surface area contributed by atoms with Gasteiger partial charge < -0.3 is 5.11 Å². The maximum Gasteiger partial charge on any atom is 0.416 e. The van der Waals surface area contributed by atoms with Crippen LogP contribution in [0, 0.1) is 0 Å². The lowest BCUT2D eigenvalue weighted by atomic mass is 10.0. The lowest BCUT2D eigenvalue weighted by Gasteiger charge is -2.24. The Labute approximate surface area is 131 Å². The molecule has 23 heavy (non-hydrogen) atoms. The van der Waals surface area contributed by atoms with Gasteiger partial charge in [-0.05, 0) is 24.1 Å². The topological polar surface area (TPSA) is 49.2 Å². The molecule has 3 rings (SSSR count). The SMILES string of the molecule is O[C@@H]1C[C@H](c2cccc(C(F)(F)F)c2)N(Cc2cncnc2)C1. The summed E-state index contributed by atoms with van der Waals surface area (Å²) in [4.78, 5) is 9.84. The quantitative estimate of drug-likeness (QED) is 0.944. The maximum absolute atomic E-state index is 12.9. The van der Waals surface area contributed by atoms with Gasteiger partial charge in [-0.25, -0.2) is 9.97 Å². The second-order valence-electron chi connectivity index (χ2n) is 5.70. The number of aromatic nitrogens is 2. The molecule has 0 amide bonds. The highest BCUT2D eigenvalue weighted by molar-refractivity contribution is 5.29. The molecule has 4 nitrogen and oxygen atoms in total. The zero-order chi connectivity index (χ0) is 16.4. The number of β-amino-alcohol motifs (C(OH)–C–C–N with tert-alkyl or cyclic N) is 1. The fourth-order valence-electron chi connectivity index (χ4n) is 2.97. The molecule has 2 aromatic rings. The van der Waals surface area contributed by atoms with E-state index in [4.69, 9.17) is 0 Å². The Bertz CT molecular complexity index is 663. The second kappa shape index (κ2) is 6.25. The molecule has 7 heteroatoms. The van der Waals surface area contributed by atoms with Crippen LogP contribution >= 0.6 is 0 Å². The number of halogens is 3. The van der Waals surface area contributed by atoms with Crippen molar-refractivity contribution in [1.82, 2.24) is 14.9 Å². The first-order chi connectivity index (χ1) is 10.9. The van der Waals surface area contributed by atoms with Crippen molar-refractivity contribution in [3.63, 3.8) is 0 Å². The van der Waals surface area contributed by atoms with Crippen LogP contribution in [0.1, 0.15) is 29.2 Å². The molecular weight excluding hydrogens is 307 g/mol. The van der Waals surface area contributed by atoms with E-state index in [9.17, 15) is 18.3 Å². The lowest BCUT2D eigenvalue weighted by molar-refractivity contribution is -0.137. The van der Waals surface area contributed by atoms with Crippen molar-refractivity contribution in [2.24, 2.45) is 0 Å². The first-order valence-electron chi connectivity index (χ1n) is 7.26. The fourth-order valence-corrected chi connectivity index (χ4v) is 2.97. The smallest absolute Gasteiger partial charge is 0.392 e. The standard InChI is InChI=1S/C16H16F3N3O/c17-16(18,19)13-3-1-2-12(4-13)15-5-14(23)9-22(15)8-11-6-20-10-21-7-11/h1-4,6-7,10,14-15,23H,5,8-9H2/t14-,15-/m1/s1. The van der Waals surface area contributed by atoms with Crippen LogP contribution < -0.4 is 0 Å². The van der Waals surface area contributed by atoms with Gasteiger partial charge in [0.05, 0.1) is 11.7 Å². The van der Waals surface area contributed by atoms with E-state index < -0.39 is 17.8 Å². The summed E-state index contributed by atoms with van der Waals surface area (Å²) < 4.78 is 38.7. The Morgan fingerprint density at radius 3 is 2.65 bits per heavy atom. The molecular formula is C16H16F3N3O. The van der Waals surface area contributed by atoms with Crippen LogP contribution in [0.15, 0.2) is 43.0 Å². The highest BCUT2D eigenvalue weighted by Gasteiger charge is 2.35. The second-order valence-corrected chi connectivity index (χ2v) is 5.70. The van der Waals surface area contributed by atoms with Gasteiger partial charge in [-0.3, -0.25) is 4.90 Å². The Morgan fingerprint density at radius 2 is 1.96 bits per heavy atom. The molecule has 1 aliphatic heterocycles. The number of hydrogen-bond acceptors (Lipinski definition) is 4. The van der Waals surface area contributed by atoms with Gasteiger partial charge in [0.2, 0.25) is 0 Å². The average molecular weight is 323 g/mol. The Hall–Kier alpha value is -1.99. The van der Waals surface area contributed by atoms with E-state index in [-0.39, 0.29) is 6.04 Å². The van der Waals surface area contributed by atoms with Gasteiger partial charge in [-0.15, -0.1) is 0 Å². The molecule has 0 unspecified atom stereocenters. The summed E-state index contributed by atoms with van der Waals surface area (Å²) in [7, 11) is 0. The number of aliphatic hydroxyl groups excluding tert-OH is 1. The summed E-state index contributed by atoms with van der Waals surface area (Å²) in [6.07, 6.45) is 0.244. The number of aliphatic hydroxyl groups is 1. The van der Waals surface area contributed by atoms with Gasteiger partial charge in [0.1, 0.15) is 6.33 Å². The number of benzene rings is 1. The van der Waals surface area contributed by atoms with E-state index in [0.29, 0.717) is 25.1 Å². The largest absolute Gasteiger partial charge is 0.416 e. The zero-order valence-corrected chi connectivity index (χ0v) is 12.2. The van der Waals surface area contributed by atoms with E-state index in [1.165, 1.54) is 12.4 Å². The fraction of sp³-hybridized carbons (Fsp3) is 0.375. The lowest BCUT2D eigenvalue weighted by Crippen LogP contribution is -2.24. The van der Waals surface area contributed by atoms with Crippen molar-refractivity contribution in [3.05, 3.63) is 59.7 Å². The molecule has 1 N–H and O–H groups in total. The Balaban J connectivity index is 1.85. The summed E-state index contributed by atoms with van der Waals surface area (Å²) >= 11 is 0. The minimum atomic E-state index is -4.37. The molecule has 0 saturated carbocycles.